The number of benzene rings is 3. The number of nitrogens with one attached hydrogen (secondary N) is 4. The van der Waals surface area contributed by atoms with Crippen molar-refractivity contribution in [2.45, 2.75) is 20.0 Å². The lowest BCUT2D eigenvalue weighted by molar-refractivity contribution is -0.125. The van der Waals surface area contributed by atoms with Crippen LogP contribution in [0.2, 0.25) is 10.0 Å². The number of hydrogen-bond acceptors (Lipinski definition) is 5. The average Bonchev–Trinajstić information content (AvgIpc) is 2.84. The van der Waals surface area contributed by atoms with E-state index in [0.717, 1.165) is 5.56 Å². The van der Waals surface area contributed by atoms with E-state index in [4.69, 9.17) is 40.2 Å². The molecular weight excluding hydrogens is 523 g/mol. The molecule has 4 N–H and O–H groups in total. The summed E-state index contributed by atoms with van der Waals surface area (Å²) in [6.07, 6.45) is -0.929. The van der Waals surface area contributed by atoms with E-state index in [1.807, 2.05) is 19.1 Å². The van der Waals surface area contributed by atoms with E-state index < -0.39 is 17.9 Å². The zero-order valence-corrected chi connectivity index (χ0v) is 21.6. The number of ether oxygens (including phenoxy) is 1. The third-order valence-electron chi connectivity index (χ3n) is 4.89. The number of halogens is 2. The van der Waals surface area contributed by atoms with Gasteiger partial charge in [-0.15, -0.1) is 0 Å². The summed E-state index contributed by atoms with van der Waals surface area (Å²) in [5.41, 5.74) is 7.11. The molecule has 0 saturated carbocycles. The number of amides is 3. The molecule has 186 valence electrons. The van der Waals surface area contributed by atoms with Gasteiger partial charge in [0.25, 0.3) is 17.7 Å². The Morgan fingerprint density at radius 1 is 0.917 bits per heavy atom. The maximum absolute atomic E-state index is 12.4. The smallest absolute Gasteiger partial charge is 0.269 e. The summed E-state index contributed by atoms with van der Waals surface area (Å²) < 4.78 is 5.52. The van der Waals surface area contributed by atoms with Gasteiger partial charge in [0, 0.05) is 21.8 Å². The van der Waals surface area contributed by atoms with Crippen LogP contribution in [0.25, 0.3) is 0 Å². The second-order valence-electron chi connectivity index (χ2n) is 7.58. The standard InChI is InChI=1S/C25H22Cl2N4O4S/c1-14-5-3-4-6-19(14)24(34)28-18-10-7-16(8-11-18)23(33)30-31-25(36)29-22(32)15(2)35-21-12-9-17(26)13-20(21)27/h3-13,15H,1-2H3,(H,28,34)(H,30,33)(H2,29,31,32,36). The van der Waals surface area contributed by atoms with Crippen LogP contribution in [0.1, 0.15) is 33.2 Å². The fourth-order valence-corrected chi connectivity index (χ4v) is 3.58. The molecule has 0 aromatic heterocycles. The van der Waals surface area contributed by atoms with Crippen molar-refractivity contribution in [2.24, 2.45) is 0 Å². The van der Waals surface area contributed by atoms with Gasteiger partial charge in [0.2, 0.25) is 0 Å². The van der Waals surface area contributed by atoms with Crippen molar-refractivity contribution in [3.63, 3.8) is 0 Å². The molecule has 1 atom stereocenters. The van der Waals surface area contributed by atoms with Crippen LogP contribution in [0, 0.1) is 6.92 Å². The zero-order chi connectivity index (χ0) is 26.2. The molecule has 0 heterocycles. The predicted molar refractivity (Wildman–Crippen MR) is 143 cm³/mol. The van der Waals surface area contributed by atoms with Crippen LogP contribution in [0.4, 0.5) is 5.69 Å². The molecule has 3 aromatic rings. The van der Waals surface area contributed by atoms with E-state index in [1.54, 1.807) is 36.4 Å². The van der Waals surface area contributed by atoms with Gasteiger partial charge in [-0.2, -0.15) is 0 Å². The van der Waals surface area contributed by atoms with Crippen molar-refractivity contribution >= 4 is 63.9 Å². The van der Waals surface area contributed by atoms with Crippen LogP contribution < -0.4 is 26.2 Å². The second kappa shape index (κ2) is 12.3. The first-order valence-corrected chi connectivity index (χ1v) is 11.8. The van der Waals surface area contributed by atoms with Gasteiger partial charge >= 0.3 is 0 Å². The first kappa shape index (κ1) is 26.9. The molecule has 0 aliphatic rings. The molecule has 3 rings (SSSR count). The molecule has 0 bridgehead atoms. The Hall–Kier alpha value is -3.66. The van der Waals surface area contributed by atoms with Crippen LogP contribution in [0.15, 0.2) is 66.7 Å². The Labute approximate surface area is 223 Å². The number of thiocarbonyl (C=S) groups is 1. The summed E-state index contributed by atoms with van der Waals surface area (Å²) in [5, 5.41) is 5.77. The van der Waals surface area contributed by atoms with Crippen molar-refractivity contribution in [2.75, 3.05) is 5.32 Å². The van der Waals surface area contributed by atoms with Gasteiger partial charge in [-0.3, -0.25) is 30.6 Å². The minimum atomic E-state index is -0.929. The molecule has 0 saturated heterocycles. The number of carbonyl (C=O) groups is 3. The summed E-state index contributed by atoms with van der Waals surface area (Å²) >= 11 is 16.9. The van der Waals surface area contributed by atoms with Crippen molar-refractivity contribution in [3.8, 4) is 5.75 Å². The van der Waals surface area contributed by atoms with Crippen molar-refractivity contribution in [1.82, 2.24) is 16.2 Å². The van der Waals surface area contributed by atoms with Gasteiger partial charge in [0.05, 0.1) is 5.02 Å². The number of hydrogen-bond donors (Lipinski definition) is 4. The van der Waals surface area contributed by atoms with E-state index in [0.29, 0.717) is 21.8 Å². The lowest BCUT2D eigenvalue weighted by Gasteiger charge is -2.17. The topological polar surface area (TPSA) is 109 Å². The SMILES string of the molecule is Cc1ccccc1C(=O)Nc1ccc(C(=O)NNC(=S)NC(=O)C(C)Oc2ccc(Cl)cc2Cl)cc1. The molecule has 0 spiro atoms. The van der Waals surface area contributed by atoms with E-state index in [2.05, 4.69) is 21.5 Å². The van der Waals surface area contributed by atoms with Gasteiger partial charge < -0.3 is 10.1 Å². The summed E-state index contributed by atoms with van der Waals surface area (Å²) in [6.45, 7) is 3.37. The van der Waals surface area contributed by atoms with Crippen LogP contribution in [0.3, 0.4) is 0 Å². The number of rotatable bonds is 6. The highest BCUT2D eigenvalue weighted by Gasteiger charge is 2.18. The lowest BCUT2D eigenvalue weighted by Crippen LogP contribution is -2.51. The third kappa shape index (κ3) is 7.42. The first-order chi connectivity index (χ1) is 17.1. The highest BCUT2D eigenvalue weighted by Crippen LogP contribution is 2.28. The molecule has 3 amide bonds. The quantitative estimate of drug-likeness (QED) is 0.265. The van der Waals surface area contributed by atoms with Crippen LogP contribution in [-0.4, -0.2) is 28.9 Å². The average molecular weight is 545 g/mol. The fraction of sp³-hybridized carbons (Fsp3) is 0.120. The maximum atomic E-state index is 12.4. The third-order valence-corrected chi connectivity index (χ3v) is 5.62. The normalized spacial score (nSPS) is 11.1. The summed E-state index contributed by atoms with van der Waals surface area (Å²) in [7, 11) is 0. The number of hydrazine groups is 1. The Balaban J connectivity index is 1.47. The Morgan fingerprint density at radius 2 is 1.61 bits per heavy atom. The minimum absolute atomic E-state index is 0.131. The van der Waals surface area contributed by atoms with E-state index in [-0.39, 0.29) is 21.8 Å². The van der Waals surface area contributed by atoms with Gasteiger partial charge in [-0.1, -0.05) is 41.4 Å². The molecule has 3 aromatic carbocycles. The summed E-state index contributed by atoms with van der Waals surface area (Å²) in [5.74, 6) is -1.01. The van der Waals surface area contributed by atoms with Crippen molar-refractivity contribution in [3.05, 3.63) is 93.5 Å². The highest BCUT2D eigenvalue weighted by atomic mass is 35.5. The second-order valence-corrected chi connectivity index (χ2v) is 8.83. The zero-order valence-electron chi connectivity index (χ0n) is 19.2. The lowest BCUT2D eigenvalue weighted by atomic mass is 10.1. The van der Waals surface area contributed by atoms with Gasteiger partial charge in [-0.25, -0.2) is 0 Å². The fourth-order valence-electron chi connectivity index (χ4n) is 2.98. The van der Waals surface area contributed by atoms with Crippen molar-refractivity contribution < 1.29 is 19.1 Å². The Bertz CT molecular complexity index is 1300. The molecule has 8 nitrogen and oxygen atoms in total. The first-order valence-electron chi connectivity index (χ1n) is 10.6. The molecule has 11 heteroatoms. The predicted octanol–water partition coefficient (Wildman–Crippen LogP) is 4.66. The molecule has 1 unspecified atom stereocenters. The summed E-state index contributed by atoms with van der Waals surface area (Å²) in [6, 6.07) is 18.1. The molecule has 0 fully saturated rings. The molecular formula is C25H22Cl2N4O4S. The van der Waals surface area contributed by atoms with Gasteiger partial charge in [0.15, 0.2) is 11.2 Å². The van der Waals surface area contributed by atoms with Crippen LogP contribution in [-0.2, 0) is 4.79 Å². The van der Waals surface area contributed by atoms with Gasteiger partial charge in [0.1, 0.15) is 5.75 Å². The van der Waals surface area contributed by atoms with E-state index in [9.17, 15) is 14.4 Å². The largest absolute Gasteiger partial charge is 0.479 e. The minimum Gasteiger partial charge on any atom is -0.479 e. The Kier molecular flexibility index (Phi) is 9.24. The highest BCUT2D eigenvalue weighted by molar-refractivity contribution is 7.80. The maximum Gasteiger partial charge on any atom is 0.269 e. The van der Waals surface area contributed by atoms with Gasteiger partial charge in [-0.05, 0) is 80.2 Å². The number of aryl methyl sites for hydroxylation is 1. The molecule has 0 aliphatic carbocycles. The summed E-state index contributed by atoms with van der Waals surface area (Å²) in [4.78, 5) is 37.1. The van der Waals surface area contributed by atoms with E-state index in [1.165, 1.54) is 25.1 Å². The number of carbonyl (C=O) groups excluding carboxylic acids is 3. The van der Waals surface area contributed by atoms with Crippen LogP contribution in [0.5, 0.6) is 5.75 Å². The molecule has 36 heavy (non-hydrogen) atoms. The van der Waals surface area contributed by atoms with E-state index >= 15 is 0 Å². The molecule has 0 aliphatic heterocycles. The Morgan fingerprint density at radius 3 is 2.28 bits per heavy atom. The van der Waals surface area contributed by atoms with Crippen molar-refractivity contribution in [1.29, 1.82) is 0 Å². The van der Waals surface area contributed by atoms with Crippen LogP contribution >= 0.6 is 35.4 Å². The monoisotopic (exact) mass is 544 g/mol. The molecule has 0 radical (unpaired) electrons. The number of anilines is 1.